The second-order valence-electron chi connectivity index (χ2n) is 9.08. The Morgan fingerprint density at radius 1 is 0.667 bits per heavy atom. The Kier molecular flexibility index (Phi) is 30.0. The number of ether oxygens (including phenoxy) is 9. The molecule has 0 aliphatic carbocycles. The third kappa shape index (κ3) is 22.8. The first-order chi connectivity index (χ1) is 19.2. The van der Waals surface area contributed by atoms with E-state index >= 15 is 0 Å². The Bertz CT molecular complexity index is 482. The molecule has 0 aromatic carbocycles. The minimum atomic E-state index is -0.737. The lowest BCUT2D eigenvalue weighted by Gasteiger charge is -2.41. The highest BCUT2D eigenvalue weighted by Gasteiger charge is 2.40. The highest BCUT2D eigenvalue weighted by Crippen LogP contribution is 2.29. The lowest BCUT2D eigenvalue weighted by Crippen LogP contribution is -2.52. The average Bonchev–Trinajstić information content (AvgIpc) is 2.95. The lowest BCUT2D eigenvalue weighted by molar-refractivity contribution is -0.151. The zero-order valence-corrected chi connectivity index (χ0v) is 26.2. The summed E-state index contributed by atoms with van der Waals surface area (Å²) in [7, 11) is 4.20. The van der Waals surface area contributed by atoms with E-state index in [-0.39, 0.29) is 18.9 Å². The quantitative estimate of drug-likeness (QED) is 0.0681. The van der Waals surface area contributed by atoms with Gasteiger partial charge in [-0.2, -0.15) is 0 Å². The second kappa shape index (κ2) is 30.4. The fourth-order valence-electron chi connectivity index (χ4n) is 4.03. The van der Waals surface area contributed by atoms with E-state index in [1.165, 1.54) is 0 Å². The first-order valence-electron chi connectivity index (χ1n) is 14.3. The number of hydrogen-bond donors (Lipinski definition) is 1. The molecule has 0 aromatic heterocycles. The molecule has 1 atom stereocenters. The molecule has 39 heavy (non-hydrogen) atoms. The van der Waals surface area contributed by atoms with Crippen LogP contribution in [0.2, 0.25) is 6.04 Å². The average molecular weight is 585 g/mol. The molecule has 0 bridgehead atoms. The SMILES string of the molecule is COCCOCCOCCC(CCOCCOCCOC)(OCCO)C(OCCOC)[SiH2]CCCCCC=O. The van der Waals surface area contributed by atoms with Gasteiger partial charge in [-0.05, 0) is 6.42 Å². The summed E-state index contributed by atoms with van der Waals surface area (Å²) in [5.74, 6) is 0. The van der Waals surface area contributed by atoms with Crippen LogP contribution in [0.4, 0.5) is 0 Å². The third-order valence-electron chi connectivity index (χ3n) is 6.16. The number of aliphatic hydroxyl groups excluding tert-OH is 1. The molecule has 0 rings (SSSR count). The van der Waals surface area contributed by atoms with Crippen LogP contribution >= 0.6 is 0 Å². The Morgan fingerprint density at radius 3 is 1.69 bits per heavy atom. The van der Waals surface area contributed by atoms with E-state index < -0.39 is 15.1 Å². The van der Waals surface area contributed by atoms with Gasteiger partial charge < -0.3 is 52.5 Å². The van der Waals surface area contributed by atoms with E-state index in [2.05, 4.69) is 0 Å². The molecule has 0 heterocycles. The van der Waals surface area contributed by atoms with Crippen molar-refractivity contribution in [2.24, 2.45) is 0 Å². The summed E-state index contributed by atoms with van der Waals surface area (Å²) in [6.07, 6.45) is 5.80. The third-order valence-corrected chi connectivity index (χ3v) is 8.57. The van der Waals surface area contributed by atoms with Gasteiger partial charge in [0.2, 0.25) is 0 Å². The lowest BCUT2D eigenvalue weighted by atomic mass is 9.96. The summed E-state index contributed by atoms with van der Waals surface area (Å²) >= 11 is 0. The molecule has 0 aromatic rings. The number of hydrogen-bond acceptors (Lipinski definition) is 11. The van der Waals surface area contributed by atoms with Crippen molar-refractivity contribution < 1.29 is 52.5 Å². The number of methoxy groups -OCH3 is 3. The Morgan fingerprint density at radius 2 is 1.18 bits per heavy atom. The van der Waals surface area contributed by atoms with Crippen LogP contribution in [0.1, 0.15) is 38.5 Å². The van der Waals surface area contributed by atoms with Crippen LogP contribution in [-0.4, -0.2) is 146 Å². The number of unbranched alkanes of at least 4 members (excludes halogenated alkanes) is 3. The molecule has 1 unspecified atom stereocenters. The van der Waals surface area contributed by atoms with Crippen molar-refractivity contribution in [3.8, 4) is 0 Å². The van der Waals surface area contributed by atoms with Gasteiger partial charge in [-0.25, -0.2) is 0 Å². The zero-order valence-electron chi connectivity index (χ0n) is 24.7. The normalized spacial score (nSPS) is 13.0. The molecule has 0 aliphatic rings. The second-order valence-corrected chi connectivity index (χ2v) is 11.1. The first-order valence-corrected chi connectivity index (χ1v) is 16.1. The summed E-state index contributed by atoms with van der Waals surface area (Å²) in [5, 5.41) is 9.63. The largest absolute Gasteiger partial charge is 0.394 e. The van der Waals surface area contributed by atoms with Crippen LogP contribution in [0.25, 0.3) is 0 Å². The number of aliphatic hydroxyl groups is 1. The molecule has 0 saturated heterocycles. The van der Waals surface area contributed by atoms with Gasteiger partial charge in [-0.1, -0.05) is 18.9 Å². The summed E-state index contributed by atoms with van der Waals surface area (Å²) in [4.78, 5) is 10.6. The number of carbonyl (C=O) groups is 1. The smallest absolute Gasteiger partial charge is 0.119 e. The van der Waals surface area contributed by atoms with Crippen LogP contribution < -0.4 is 0 Å². The van der Waals surface area contributed by atoms with Crippen molar-refractivity contribution in [3.63, 3.8) is 0 Å². The fraction of sp³-hybridized carbons (Fsp3) is 0.963. The predicted octanol–water partition coefficient (Wildman–Crippen LogP) is 1.21. The number of carbonyl (C=O) groups excluding carboxylic acids is 1. The van der Waals surface area contributed by atoms with Crippen LogP contribution in [0.5, 0.6) is 0 Å². The molecule has 0 radical (unpaired) electrons. The highest BCUT2D eigenvalue weighted by molar-refractivity contribution is 6.37. The number of aldehydes is 1. The highest BCUT2D eigenvalue weighted by atomic mass is 28.2. The van der Waals surface area contributed by atoms with Crippen molar-refractivity contribution in [1.29, 1.82) is 0 Å². The number of rotatable bonds is 33. The molecule has 1 N–H and O–H groups in total. The first kappa shape index (κ1) is 38.5. The summed E-state index contributed by atoms with van der Waals surface area (Å²) in [6.45, 7) is 6.11. The maximum absolute atomic E-state index is 10.6. The van der Waals surface area contributed by atoms with E-state index in [1.807, 2.05) is 0 Å². The van der Waals surface area contributed by atoms with Gasteiger partial charge in [0.05, 0.1) is 100 Å². The molecule has 0 aliphatic heterocycles. The molecular weight excluding hydrogens is 528 g/mol. The molecular formula is C27H56O11Si. The van der Waals surface area contributed by atoms with E-state index in [4.69, 9.17) is 42.6 Å². The van der Waals surface area contributed by atoms with Gasteiger partial charge in [0.1, 0.15) is 6.29 Å². The van der Waals surface area contributed by atoms with E-state index in [9.17, 15) is 9.90 Å². The molecule has 0 amide bonds. The van der Waals surface area contributed by atoms with Crippen LogP contribution in [0.15, 0.2) is 0 Å². The van der Waals surface area contributed by atoms with Gasteiger partial charge >= 0.3 is 0 Å². The Labute approximate surface area is 238 Å². The molecule has 11 nitrogen and oxygen atoms in total. The van der Waals surface area contributed by atoms with Gasteiger partial charge in [-0.3, -0.25) is 0 Å². The molecule has 0 saturated carbocycles. The van der Waals surface area contributed by atoms with Crippen molar-refractivity contribution in [2.75, 3.05) is 114 Å². The van der Waals surface area contributed by atoms with Crippen LogP contribution in [-0.2, 0) is 47.4 Å². The minimum absolute atomic E-state index is 0.0812. The monoisotopic (exact) mass is 584 g/mol. The van der Waals surface area contributed by atoms with E-state index in [1.54, 1.807) is 21.3 Å². The predicted molar refractivity (Wildman–Crippen MR) is 152 cm³/mol. The maximum Gasteiger partial charge on any atom is 0.119 e. The Balaban J connectivity index is 5.24. The van der Waals surface area contributed by atoms with Crippen molar-refractivity contribution in [1.82, 2.24) is 0 Å². The molecule has 0 fully saturated rings. The van der Waals surface area contributed by atoms with Gasteiger partial charge in [0.25, 0.3) is 0 Å². The van der Waals surface area contributed by atoms with Gasteiger partial charge in [0, 0.05) is 53.8 Å². The van der Waals surface area contributed by atoms with Gasteiger partial charge in [0.15, 0.2) is 0 Å². The van der Waals surface area contributed by atoms with Gasteiger partial charge in [-0.15, -0.1) is 0 Å². The zero-order chi connectivity index (χ0) is 28.7. The molecule has 234 valence electrons. The standard InChI is InChI=1S/C27H56O11Si/c1-30-15-18-35-22-20-33-12-8-27(38-14-11-29,9-13-34-21-23-36-19-16-31-2)26(37-24-17-32-3)39-25-7-5-4-6-10-28/h10,26,29H,4-9,11-25,39H2,1-3H3. The van der Waals surface area contributed by atoms with Crippen molar-refractivity contribution in [2.45, 2.75) is 55.9 Å². The fourth-order valence-corrected chi connectivity index (χ4v) is 6.43. The van der Waals surface area contributed by atoms with Crippen LogP contribution in [0.3, 0.4) is 0 Å². The maximum atomic E-state index is 10.6. The summed E-state index contributed by atoms with van der Waals surface area (Å²) < 4.78 is 50.8. The van der Waals surface area contributed by atoms with Crippen LogP contribution in [0, 0.1) is 0 Å². The van der Waals surface area contributed by atoms with Crippen molar-refractivity contribution in [3.05, 3.63) is 0 Å². The van der Waals surface area contributed by atoms with E-state index in [0.717, 1.165) is 31.6 Å². The van der Waals surface area contributed by atoms with Crippen molar-refractivity contribution >= 4 is 15.8 Å². The molecule has 12 heteroatoms. The summed E-state index contributed by atoms with van der Waals surface area (Å²) in [6, 6.07) is 1.07. The topological polar surface area (TPSA) is 120 Å². The summed E-state index contributed by atoms with van der Waals surface area (Å²) in [5.41, 5.74) is -0.757. The molecule has 0 spiro atoms. The Hall–Kier alpha value is -0.513. The minimum Gasteiger partial charge on any atom is -0.394 e. The van der Waals surface area contributed by atoms with E-state index in [0.29, 0.717) is 98.5 Å².